The Kier molecular flexibility index (Phi) is 3.42. The van der Waals surface area contributed by atoms with Gasteiger partial charge in [-0.15, -0.1) is 0 Å². The second-order valence-electron chi connectivity index (χ2n) is 3.92. The van der Waals surface area contributed by atoms with Gasteiger partial charge in [0, 0.05) is 6.20 Å². The Balaban J connectivity index is 2.80. The number of hydrogen-bond acceptors (Lipinski definition) is 3. The Labute approximate surface area is 89.9 Å². The maximum Gasteiger partial charge on any atom is 0.244 e. The van der Waals surface area contributed by atoms with E-state index in [0.717, 1.165) is 5.56 Å². The molecule has 1 aromatic heterocycles. The normalized spacial score (nSPS) is 14.4. The number of rotatable bonds is 3. The summed E-state index contributed by atoms with van der Waals surface area (Å²) in [6.45, 7) is 5.51. The van der Waals surface area contributed by atoms with E-state index in [2.05, 4.69) is 10.3 Å². The number of anilines is 1. The van der Waals surface area contributed by atoms with Crippen LogP contribution in [0, 0.1) is 6.92 Å². The van der Waals surface area contributed by atoms with Crippen LogP contribution in [0.2, 0.25) is 0 Å². The predicted octanol–water partition coefficient (Wildman–Crippen LogP) is 1.46. The zero-order chi connectivity index (χ0) is 11.5. The monoisotopic (exact) mass is 207 g/mol. The van der Waals surface area contributed by atoms with Gasteiger partial charge in [-0.05, 0) is 31.9 Å². The first-order valence-corrected chi connectivity index (χ1v) is 4.98. The molecule has 4 nitrogen and oxygen atoms in total. The van der Waals surface area contributed by atoms with Gasteiger partial charge >= 0.3 is 0 Å². The van der Waals surface area contributed by atoms with Gasteiger partial charge in [-0.2, -0.15) is 0 Å². The summed E-state index contributed by atoms with van der Waals surface area (Å²) < 4.78 is 0. The van der Waals surface area contributed by atoms with Crippen LogP contribution in [0.15, 0.2) is 18.5 Å². The third kappa shape index (κ3) is 2.76. The molecule has 1 atom stereocenters. The van der Waals surface area contributed by atoms with E-state index in [0.29, 0.717) is 12.1 Å². The molecule has 3 N–H and O–H groups in total. The van der Waals surface area contributed by atoms with E-state index in [4.69, 9.17) is 5.73 Å². The predicted molar refractivity (Wildman–Crippen MR) is 60.5 cm³/mol. The van der Waals surface area contributed by atoms with Crippen LogP contribution in [0.1, 0.15) is 25.8 Å². The molecular weight excluding hydrogens is 190 g/mol. The number of pyridine rings is 1. The van der Waals surface area contributed by atoms with Gasteiger partial charge in [-0.1, -0.05) is 6.92 Å². The maximum absolute atomic E-state index is 11.8. The Hall–Kier alpha value is -1.42. The van der Waals surface area contributed by atoms with Crippen molar-refractivity contribution in [3.63, 3.8) is 0 Å². The van der Waals surface area contributed by atoms with E-state index < -0.39 is 5.54 Å². The van der Waals surface area contributed by atoms with Crippen LogP contribution in [0.3, 0.4) is 0 Å². The van der Waals surface area contributed by atoms with Gasteiger partial charge in [0.05, 0.1) is 17.4 Å². The summed E-state index contributed by atoms with van der Waals surface area (Å²) in [5, 5.41) is 2.77. The average molecular weight is 207 g/mol. The number of nitrogens with two attached hydrogens (primary N) is 1. The lowest BCUT2D eigenvalue weighted by molar-refractivity contribution is -0.120. The molecule has 1 rings (SSSR count). The molecule has 0 aliphatic rings. The van der Waals surface area contributed by atoms with Crippen LogP contribution in [-0.4, -0.2) is 16.4 Å². The van der Waals surface area contributed by atoms with Crippen molar-refractivity contribution < 1.29 is 4.79 Å². The van der Waals surface area contributed by atoms with E-state index >= 15 is 0 Å². The van der Waals surface area contributed by atoms with E-state index in [1.54, 1.807) is 19.3 Å². The van der Waals surface area contributed by atoms with Crippen molar-refractivity contribution in [2.45, 2.75) is 32.7 Å². The minimum absolute atomic E-state index is 0.180. The van der Waals surface area contributed by atoms with Crippen molar-refractivity contribution in [3.05, 3.63) is 24.0 Å². The molecule has 15 heavy (non-hydrogen) atoms. The Morgan fingerprint density at radius 2 is 2.33 bits per heavy atom. The molecule has 0 saturated carbocycles. The standard InChI is InChI=1S/C11H17N3O/c1-4-11(3,12)10(15)14-9-7-13-6-5-8(9)2/h5-7H,4,12H2,1-3H3,(H,14,15). The summed E-state index contributed by atoms with van der Waals surface area (Å²) in [6, 6.07) is 1.84. The third-order valence-electron chi connectivity index (χ3n) is 2.54. The second kappa shape index (κ2) is 4.40. The molecule has 4 heteroatoms. The maximum atomic E-state index is 11.8. The summed E-state index contributed by atoms with van der Waals surface area (Å²) in [7, 11) is 0. The molecular formula is C11H17N3O. The molecule has 1 amide bonds. The number of hydrogen-bond donors (Lipinski definition) is 2. The number of aryl methyl sites for hydroxylation is 1. The number of amides is 1. The third-order valence-corrected chi connectivity index (χ3v) is 2.54. The summed E-state index contributed by atoms with van der Waals surface area (Å²) in [4.78, 5) is 15.7. The van der Waals surface area contributed by atoms with Crippen LogP contribution in [0.25, 0.3) is 0 Å². The molecule has 1 aromatic rings. The van der Waals surface area contributed by atoms with E-state index in [1.165, 1.54) is 0 Å². The highest BCUT2D eigenvalue weighted by Gasteiger charge is 2.26. The van der Waals surface area contributed by atoms with Crippen molar-refractivity contribution in [2.24, 2.45) is 5.73 Å². The first-order chi connectivity index (χ1) is 6.97. The highest BCUT2D eigenvalue weighted by Crippen LogP contribution is 2.14. The SMILES string of the molecule is CCC(C)(N)C(=O)Nc1cnccc1C. The van der Waals surface area contributed by atoms with E-state index in [9.17, 15) is 4.79 Å². The fourth-order valence-electron chi connectivity index (χ4n) is 1.02. The highest BCUT2D eigenvalue weighted by molar-refractivity contribution is 5.97. The minimum Gasteiger partial charge on any atom is -0.323 e. The van der Waals surface area contributed by atoms with Crippen molar-refractivity contribution >= 4 is 11.6 Å². The Morgan fingerprint density at radius 3 is 2.87 bits per heavy atom. The molecule has 0 bridgehead atoms. The number of aromatic nitrogens is 1. The molecule has 1 unspecified atom stereocenters. The lowest BCUT2D eigenvalue weighted by Gasteiger charge is -2.21. The van der Waals surface area contributed by atoms with Gasteiger partial charge in [0.15, 0.2) is 0 Å². The fraction of sp³-hybridized carbons (Fsp3) is 0.455. The van der Waals surface area contributed by atoms with Gasteiger partial charge in [0.25, 0.3) is 0 Å². The van der Waals surface area contributed by atoms with Crippen molar-refractivity contribution in [1.29, 1.82) is 0 Å². The molecule has 0 radical (unpaired) electrons. The smallest absolute Gasteiger partial charge is 0.244 e. The average Bonchev–Trinajstić information content (AvgIpc) is 2.21. The van der Waals surface area contributed by atoms with E-state index in [1.807, 2.05) is 19.9 Å². The Morgan fingerprint density at radius 1 is 1.67 bits per heavy atom. The van der Waals surface area contributed by atoms with Gasteiger partial charge in [-0.3, -0.25) is 9.78 Å². The summed E-state index contributed by atoms with van der Waals surface area (Å²) >= 11 is 0. The van der Waals surface area contributed by atoms with E-state index in [-0.39, 0.29) is 5.91 Å². The van der Waals surface area contributed by atoms with Crippen LogP contribution < -0.4 is 11.1 Å². The van der Waals surface area contributed by atoms with Gasteiger partial charge in [0.2, 0.25) is 5.91 Å². The number of carbonyl (C=O) groups is 1. The molecule has 0 fully saturated rings. The lowest BCUT2D eigenvalue weighted by Crippen LogP contribution is -2.47. The van der Waals surface area contributed by atoms with Crippen LogP contribution in [-0.2, 0) is 4.79 Å². The summed E-state index contributed by atoms with van der Waals surface area (Å²) in [6.07, 6.45) is 3.91. The van der Waals surface area contributed by atoms with Crippen molar-refractivity contribution in [3.8, 4) is 0 Å². The van der Waals surface area contributed by atoms with Crippen molar-refractivity contribution in [2.75, 3.05) is 5.32 Å². The molecule has 0 spiro atoms. The van der Waals surface area contributed by atoms with Crippen LogP contribution in [0.5, 0.6) is 0 Å². The summed E-state index contributed by atoms with van der Waals surface area (Å²) in [5.74, 6) is -0.180. The molecule has 0 saturated heterocycles. The quantitative estimate of drug-likeness (QED) is 0.788. The lowest BCUT2D eigenvalue weighted by atomic mass is 9.99. The molecule has 0 aliphatic heterocycles. The first kappa shape index (κ1) is 11.7. The molecule has 0 aromatic carbocycles. The molecule has 0 aliphatic carbocycles. The van der Waals surface area contributed by atoms with Crippen LogP contribution >= 0.6 is 0 Å². The zero-order valence-corrected chi connectivity index (χ0v) is 9.37. The fourth-order valence-corrected chi connectivity index (χ4v) is 1.02. The first-order valence-electron chi connectivity index (χ1n) is 4.98. The number of carbonyl (C=O) groups excluding carboxylic acids is 1. The van der Waals surface area contributed by atoms with Gasteiger partial charge < -0.3 is 11.1 Å². The molecule has 1 heterocycles. The largest absolute Gasteiger partial charge is 0.323 e. The minimum atomic E-state index is -0.831. The summed E-state index contributed by atoms with van der Waals surface area (Å²) in [5.41, 5.74) is 6.69. The zero-order valence-electron chi connectivity index (χ0n) is 9.37. The number of nitrogens with zero attached hydrogens (tertiary/aromatic N) is 1. The topological polar surface area (TPSA) is 68.0 Å². The highest BCUT2D eigenvalue weighted by atomic mass is 16.2. The number of nitrogens with one attached hydrogen (secondary N) is 1. The van der Waals surface area contributed by atoms with Crippen LogP contribution in [0.4, 0.5) is 5.69 Å². The van der Waals surface area contributed by atoms with Gasteiger partial charge in [-0.25, -0.2) is 0 Å². The van der Waals surface area contributed by atoms with Crippen molar-refractivity contribution in [1.82, 2.24) is 4.98 Å². The molecule has 82 valence electrons. The van der Waals surface area contributed by atoms with Gasteiger partial charge in [0.1, 0.15) is 0 Å². The Bertz CT molecular complexity index is 361. The second-order valence-corrected chi connectivity index (χ2v) is 3.92.